The van der Waals surface area contributed by atoms with Gasteiger partial charge in [-0.25, -0.2) is 9.78 Å². The minimum atomic E-state index is -1.18. The van der Waals surface area contributed by atoms with Crippen LogP contribution in [0.15, 0.2) is 0 Å². The molecule has 98 valence electrons. The summed E-state index contributed by atoms with van der Waals surface area (Å²) in [4.78, 5) is 20.7. The monoisotopic (exact) mass is 291 g/mol. The molecule has 1 aromatic heterocycles. The lowest BCUT2D eigenvalue weighted by molar-refractivity contribution is 0.0694. The Labute approximate surface area is 113 Å². The summed E-state index contributed by atoms with van der Waals surface area (Å²) in [5, 5.41) is 8.96. The molecule has 1 N–H and O–H groups in total. The van der Waals surface area contributed by atoms with E-state index in [9.17, 15) is 9.90 Å². The average molecular weight is 292 g/mol. The third-order valence-corrected chi connectivity index (χ3v) is 3.11. The molecule has 1 fully saturated rings. The first kappa shape index (κ1) is 13.3. The normalized spacial score (nSPS) is 19.9. The number of ether oxygens (including phenoxy) is 1. The lowest BCUT2D eigenvalue weighted by Crippen LogP contribution is -2.45. The van der Waals surface area contributed by atoms with Gasteiger partial charge in [0.25, 0.3) is 0 Å². The highest BCUT2D eigenvalue weighted by Gasteiger charge is 2.28. The van der Waals surface area contributed by atoms with Gasteiger partial charge < -0.3 is 14.7 Å². The SMILES string of the molecule is C[C@H]1COCCN1c1nc(Cl)nc(Cl)c1C(=O)O. The highest BCUT2D eigenvalue weighted by molar-refractivity contribution is 6.34. The van der Waals surface area contributed by atoms with E-state index in [-0.39, 0.29) is 27.9 Å². The molecule has 2 heterocycles. The number of carbonyl (C=O) groups is 1. The molecule has 0 aliphatic carbocycles. The first-order valence-electron chi connectivity index (χ1n) is 5.31. The first-order valence-corrected chi connectivity index (χ1v) is 6.07. The van der Waals surface area contributed by atoms with Crippen molar-refractivity contribution in [3.05, 3.63) is 16.0 Å². The van der Waals surface area contributed by atoms with Gasteiger partial charge in [-0.3, -0.25) is 0 Å². The van der Waals surface area contributed by atoms with Gasteiger partial charge in [0.15, 0.2) is 5.15 Å². The summed E-state index contributed by atoms with van der Waals surface area (Å²) >= 11 is 11.6. The molecule has 1 aliphatic rings. The summed E-state index contributed by atoms with van der Waals surface area (Å²) in [6.07, 6.45) is 0. The van der Waals surface area contributed by atoms with Crippen LogP contribution in [0.1, 0.15) is 17.3 Å². The number of halogens is 2. The topological polar surface area (TPSA) is 75.5 Å². The van der Waals surface area contributed by atoms with Crippen LogP contribution in [-0.2, 0) is 4.74 Å². The van der Waals surface area contributed by atoms with Crippen molar-refractivity contribution in [3.63, 3.8) is 0 Å². The number of aromatic nitrogens is 2. The number of carboxylic acids is 1. The van der Waals surface area contributed by atoms with Crippen LogP contribution in [-0.4, -0.2) is 46.8 Å². The van der Waals surface area contributed by atoms with Crippen molar-refractivity contribution < 1.29 is 14.6 Å². The quantitative estimate of drug-likeness (QED) is 0.660. The van der Waals surface area contributed by atoms with Crippen LogP contribution in [0.3, 0.4) is 0 Å². The summed E-state index contributed by atoms with van der Waals surface area (Å²) in [7, 11) is 0. The van der Waals surface area contributed by atoms with Crippen LogP contribution in [0, 0.1) is 0 Å². The van der Waals surface area contributed by atoms with E-state index < -0.39 is 5.97 Å². The third kappa shape index (κ3) is 2.50. The number of morpholine rings is 1. The molecule has 2 rings (SSSR count). The molecule has 1 aliphatic heterocycles. The zero-order valence-electron chi connectivity index (χ0n) is 9.56. The maximum Gasteiger partial charge on any atom is 0.342 e. The Kier molecular flexibility index (Phi) is 3.89. The molecule has 18 heavy (non-hydrogen) atoms. The second-order valence-corrected chi connectivity index (χ2v) is 4.60. The van der Waals surface area contributed by atoms with E-state index in [1.165, 1.54) is 0 Å². The van der Waals surface area contributed by atoms with Crippen molar-refractivity contribution >= 4 is 35.0 Å². The van der Waals surface area contributed by atoms with Crippen LogP contribution in [0.5, 0.6) is 0 Å². The van der Waals surface area contributed by atoms with E-state index in [0.29, 0.717) is 19.8 Å². The van der Waals surface area contributed by atoms with E-state index in [1.807, 2.05) is 11.8 Å². The fraction of sp³-hybridized carbons (Fsp3) is 0.500. The van der Waals surface area contributed by atoms with Crippen LogP contribution >= 0.6 is 23.2 Å². The van der Waals surface area contributed by atoms with Gasteiger partial charge in [-0.1, -0.05) is 11.6 Å². The Morgan fingerprint density at radius 1 is 1.50 bits per heavy atom. The van der Waals surface area contributed by atoms with Crippen molar-refractivity contribution in [2.45, 2.75) is 13.0 Å². The predicted molar refractivity (Wildman–Crippen MR) is 66.6 cm³/mol. The van der Waals surface area contributed by atoms with Gasteiger partial charge in [0.2, 0.25) is 5.28 Å². The molecule has 0 bridgehead atoms. The van der Waals surface area contributed by atoms with Crippen molar-refractivity contribution in [2.24, 2.45) is 0 Å². The van der Waals surface area contributed by atoms with Crippen molar-refractivity contribution in [2.75, 3.05) is 24.7 Å². The summed E-state index contributed by atoms with van der Waals surface area (Å²) in [5.41, 5.74) is -0.130. The van der Waals surface area contributed by atoms with Crippen molar-refractivity contribution in [1.29, 1.82) is 0 Å². The largest absolute Gasteiger partial charge is 0.477 e. The predicted octanol–water partition coefficient (Wildman–Crippen LogP) is 1.71. The molecular formula is C10H11Cl2N3O3. The molecule has 0 amide bonds. The van der Waals surface area contributed by atoms with Gasteiger partial charge in [0.05, 0.1) is 19.3 Å². The maximum atomic E-state index is 11.2. The van der Waals surface area contributed by atoms with Crippen LogP contribution in [0.4, 0.5) is 5.82 Å². The van der Waals surface area contributed by atoms with E-state index in [0.717, 1.165) is 0 Å². The Balaban J connectivity index is 2.50. The Morgan fingerprint density at radius 3 is 2.83 bits per heavy atom. The minimum Gasteiger partial charge on any atom is -0.477 e. The van der Waals surface area contributed by atoms with Gasteiger partial charge in [0, 0.05) is 6.54 Å². The molecule has 1 atom stereocenters. The fourth-order valence-electron chi connectivity index (χ4n) is 1.83. The molecule has 8 heteroatoms. The van der Waals surface area contributed by atoms with E-state index in [1.54, 1.807) is 0 Å². The number of hydrogen-bond acceptors (Lipinski definition) is 5. The maximum absolute atomic E-state index is 11.2. The molecule has 1 aromatic rings. The van der Waals surface area contributed by atoms with Gasteiger partial charge in [-0.05, 0) is 18.5 Å². The zero-order valence-corrected chi connectivity index (χ0v) is 11.1. The highest BCUT2D eigenvalue weighted by Crippen LogP contribution is 2.28. The second kappa shape index (κ2) is 5.26. The lowest BCUT2D eigenvalue weighted by atomic mass is 10.2. The van der Waals surface area contributed by atoms with Crippen LogP contribution in [0.2, 0.25) is 10.4 Å². The zero-order chi connectivity index (χ0) is 13.3. The highest BCUT2D eigenvalue weighted by atomic mass is 35.5. The Hall–Kier alpha value is -1.11. The van der Waals surface area contributed by atoms with Gasteiger partial charge in [-0.15, -0.1) is 0 Å². The lowest BCUT2D eigenvalue weighted by Gasteiger charge is -2.34. The van der Waals surface area contributed by atoms with E-state index in [2.05, 4.69) is 9.97 Å². The Morgan fingerprint density at radius 2 is 2.22 bits per heavy atom. The first-order chi connectivity index (χ1) is 8.50. The Bertz CT molecular complexity index is 484. The van der Waals surface area contributed by atoms with Gasteiger partial charge in [0.1, 0.15) is 11.4 Å². The summed E-state index contributed by atoms with van der Waals surface area (Å²) in [6.45, 7) is 3.45. The molecule has 0 aromatic carbocycles. The molecule has 0 radical (unpaired) electrons. The number of aromatic carboxylic acids is 1. The van der Waals surface area contributed by atoms with E-state index >= 15 is 0 Å². The van der Waals surface area contributed by atoms with Gasteiger partial charge in [-0.2, -0.15) is 4.98 Å². The molecular weight excluding hydrogens is 281 g/mol. The van der Waals surface area contributed by atoms with E-state index in [4.69, 9.17) is 27.9 Å². The summed E-state index contributed by atoms with van der Waals surface area (Å²) in [6, 6.07) is -0.00103. The molecule has 0 unspecified atom stereocenters. The van der Waals surface area contributed by atoms with Crippen molar-refractivity contribution in [3.8, 4) is 0 Å². The molecule has 0 saturated carbocycles. The summed E-state index contributed by atoms with van der Waals surface area (Å²) in [5.74, 6) is -0.936. The number of nitrogens with zero attached hydrogens (tertiary/aromatic N) is 3. The smallest absolute Gasteiger partial charge is 0.342 e. The summed E-state index contributed by atoms with van der Waals surface area (Å²) < 4.78 is 5.30. The van der Waals surface area contributed by atoms with Crippen LogP contribution in [0.25, 0.3) is 0 Å². The molecule has 1 saturated heterocycles. The van der Waals surface area contributed by atoms with Gasteiger partial charge >= 0.3 is 5.97 Å². The minimum absolute atomic E-state index is 0.00103. The average Bonchev–Trinajstić information content (AvgIpc) is 2.27. The standard InChI is InChI=1S/C10H11Cl2N3O3/c1-5-4-18-3-2-15(5)8-6(9(16)17)7(11)13-10(12)14-8/h5H,2-4H2,1H3,(H,16,17)/t5-/m0/s1. The number of rotatable bonds is 2. The number of anilines is 1. The number of hydrogen-bond donors (Lipinski definition) is 1. The number of carboxylic acid groups (broad SMARTS) is 1. The fourth-order valence-corrected chi connectivity index (χ4v) is 2.28. The molecule has 0 spiro atoms. The second-order valence-electron chi connectivity index (χ2n) is 3.90. The van der Waals surface area contributed by atoms with Crippen LogP contribution < -0.4 is 4.90 Å². The van der Waals surface area contributed by atoms with Crippen molar-refractivity contribution in [1.82, 2.24) is 9.97 Å². The molecule has 6 nitrogen and oxygen atoms in total. The third-order valence-electron chi connectivity index (χ3n) is 2.67.